The van der Waals surface area contributed by atoms with Crippen LogP contribution in [0.1, 0.15) is 61.8 Å². The van der Waals surface area contributed by atoms with E-state index in [1.807, 2.05) is 31.2 Å². The van der Waals surface area contributed by atoms with Crippen molar-refractivity contribution >= 4 is 29.0 Å². The maximum absolute atomic E-state index is 11.7. The lowest BCUT2D eigenvalue weighted by Gasteiger charge is -2.29. The van der Waals surface area contributed by atoms with Crippen molar-refractivity contribution in [3.8, 4) is 5.69 Å². The monoisotopic (exact) mass is 510 g/mol. The molecule has 0 spiro atoms. The lowest BCUT2D eigenvalue weighted by Crippen LogP contribution is -2.29. The van der Waals surface area contributed by atoms with Gasteiger partial charge in [-0.05, 0) is 112 Å². The highest BCUT2D eigenvalue weighted by Gasteiger charge is 2.42. The number of benzene rings is 2. The molecule has 37 heavy (non-hydrogen) atoms. The molecule has 0 bridgehead atoms. The van der Waals surface area contributed by atoms with Crippen LogP contribution < -0.4 is 10.2 Å². The van der Waals surface area contributed by atoms with Gasteiger partial charge in [-0.2, -0.15) is 0 Å². The summed E-state index contributed by atoms with van der Waals surface area (Å²) in [5.41, 5.74) is 9.59. The van der Waals surface area contributed by atoms with E-state index in [0.29, 0.717) is 5.11 Å². The van der Waals surface area contributed by atoms with Gasteiger partial charge in [0.15, 0.2) is 5.11 Å². The summed E-state index contributed by atoms with van der Waals surface area (Å²) in [6.07, 6.45) is 1.81. The van der Waals surface area contributed by atoms with Gasteiger partial charge in [0.2, 0.25) is 0 Å². The molecule has 2 aromatic heterocycles. The summed E-state index contributed by atoms with van der Waals surface area (Å²) in [5.74, 6) is -0.939. The van der Waals surface area contributed by atoms with Crippen LogP contribution in [0.5, 0.6) is 0 Å². The number of pyridine rings is 1. The summed E-state index contributed by atoms with van der Waals surface area (Å²) in [6.45, 7) is 10.3. The summed E-state index contributed by atoms with van der Waals surface area (Å²) in [4.78, 5) is 18.6. The third kappa shape index (κ3) is 4.40. The van der Waals surface area contributed by atoms with E-state index >= 15 is 0 Å². The highest BCUT2D eigenvalue weighted by Crippen LogP contribution is 2.44. The Morgan fingerprint density at radius 2 is 1.70 bits per heavy atom. The van der Waals surface area contributed by atoms with Crippen LogP contribution in [0.2, 0.25) is 0 Å². The molecule has 5 rings (SSSR count). The molecule has 0 unspecified atom stereocenters. The third-order valence-corrected chi connectivity index (χ3v) is 7.38. The van der Waals surface area contributed by atoms with Gasteiger partial charge in [0.05, 0.1) is 23.3 Å². The Kier molecular flexibility index (Phi) is 6.33. The van der Waals surface area contributed by atoms with E-state index in [4.69, 9.17) is 12.2 Å². The van der Waals surface area contributed by atoms with E-state index in [0.717, 1.165) is 39.6 Å². The minimum atomic E-state index is -0.939. The second-order valence-electron chi connectivity index (χ2n) is 9.81. The predicted octanol–water partition coefficient (Wildman–Crippen LogP) is 6.29. The van der Waals surface area contributed by atoms with E-state index in [1.165, 1.54) is 11.1 Å². The predicted molar refractivity (Wildman–Crippen MR) is 151 cm³/mol. The van der Waals surface area contributed by atoms with E-state index in [2.05, 4.69) is 71.7 Å². The molecule has 1 aliphatic heterocycles. The SMILES string of the molecule is Cc1cc(C)cc(N2C(=S)N[C@H](c3ccccn3)[C@H]2c2cc(C)n(-c3cc(C(=O)O)ccc3C)c2C)c1. The Bertz CT molecular complexity index is 1510. The molecule has 0 radical (unpaired) electrons. The lowest BCUT2D eigenvalue weighted by atomic mass is 9.96. The maximum atomic E-state index is 11.7. The second-order valence-corrected chi connectivity index (χ2v) is 10.2. The van der Waals surface area contributed by atoms with Crippen molar-refractivity contribution in [1.29, 1.82) is 0 Å². The molecule has 2 N–H and O–H groups in total. The quantitative estimate of drug-likeness (QED) is 0.308. The molecule has 2 atom stereocenters. The number of hydrogen-bond donors (Lipinski definition) is 2. The Balaban J connectivity index is 1.72. The first kappa shape index (κ1) is 24.7. The van der Waals surface area contributed by atoms with Gasteiger partial charge >= 0.3 is 5.97 Å². The average Bonchev–Trinajstić information content (AvgIpc) is 3.34. The number of nitrogens with one attached hydrogen (secondary N) is 1. The molecule has 188 valence electrons. The minimum absolute atomic E-state index is 0.147. The van der Waals surface area contributed by atoms with Gasteiger partial charge in [-0.1, -0.05) is 18.2 Å². The average molecular weight is 511 g/mol. The van der Waals surface area contributed by atoms with E-state index < -0.39 is 5.97 Å². The molecule has 3 heterocycles. The molecule has 2 aromatic carbocycles. The van der Waals surface area contributed by atoms with Crippen molar-refractivity contribution in [3.05, 3.63) is 112 Å². The molecular weight excluding hydrogens is 480 g/mol. The molecule has 0 aliphatic carbocycles. The number of carboxylic acid groups (broad SMARTS) is 1. The number of carboxylic acids is 1. The highest BCUT2D eigenvalue weighted by molar-refractivity contribution is 7.80. The van der Waals surface area contributed by atoms with Gasteiger partial charge in [-0.15, -0.1) is 0 Å². The third-order valence-electron chi connectivity index (χ3n) is 7.07. The van der Waals surface area contributed by atoms with Crippen LogP contribution in [0, 0.1) is 34.6 Å². The van der Waals surface area contributed by atoms with Crippen LogP contribution in [0.4, 0.5) is 5.69 Å². The van der Waals surface area contributed by atoms with Crippen LogP contribution in [-0.2, 0) is 0 Å². The Morgan fingerprint density at radius 1 is 0.973 bits per heavy atom. The zero-order valence-corrected chi connectivity index (χ0v) is 22.4. The van der Waals surface area contributed by atoms with Gasteiger partial charge in [-0.25, -0.2) is 4.79 Å². The standard InChI is InChI=1S/C30H30N4O2S/c1-17-12-18(2)14-23(13-17)34-28(27(32-30(34)37)25-8-6-7-11-31-25)24-15-20(4)33(21(24)5)26-16-22(29(35)36)10-9-19(26)3/h6-16,27-28H,1-5H3,(H,32,37)(H,35,36)/t27-,28-/m1/s1. The molecule has 6 nitrogen and oxygen atoms in total. The number of anilines is 1. The zero-order chi connectivity index (χ0) is 26.4. The Morgan fingerprint density at radius 3 is 2.35 bits per heavy atom. The fourth-order valence-electron chi connectivity index (χ4n) is 5.48. The fourth-order valence-corrected chi connectivity index (χ4v) is 5.83. The molecule has 4 aromatic rings. The van der Waals surface area contributed by atoms with Gasteiger partial charge < -0.3 is 19.9 Å². The number of carbonyl (C=O) groups is 1. The number of aromatic nitrogens is 2. The molecule has 1 aliphatic rings. The second kappa shape index (κ2) is 9.48. The fraction of sp³-hybridized carbons (Fsp3) is 0.233. The van der Waals surface area contributed by atoms with Crippen LogP contribution >= 0.6 is 12.2 Å². The van der Waals surface area contributed by atoms with Gasteiger partial charge in [0, 0.05) is 29.0 Å². The number of rotatable bonds is 5. The summed E-state index contributed by atoms with van der Waals surface area (Å²) >= 11 is 5.92. The summed E-state index contributed by atoms with van der Waals surface area (Å²) < 4.78 is 2.15. The van der Waals surface area contributed by atoms with Crippen LogP contribution in [0.25, 0.3) is 5.69 Å². The van der Waals surface area contributed by atoms with Crippen LogP contribution in [0.15, 0.2) is 66.9 Å². The number of thiocarbonyl (C=S) groups is 1. The molecule has 0 amide bonds. The van der Waals surface area contributed by atoms with E-state index in [-0.39, 0.29) is 17.6 Å². The highest BCUT2D eigenvalue weighted by atomic mass is 32.1. The maximum Gasteiger partial charge on any atom is 0.335 e. The Hall–Kier alpha value is -3.97. The lowest BCUT2D eigenvalue weighted by molar-refractivity contribution is 0.0697. The first-order valence-electron chi connectivity index (χ1n) is 12.3. The summed E-state index contributed by atoms with van der Waals surface area (Å²) in [6, 6.07) is 19.6. The minimum Gasteiger partial charge on any atom is -0.478 e. The number of aryl methyl sites for hydroxylation is 4. The summed E-state index contributed by atoms with van der Waals surface area (Å²) in [5, 5.41) is 13.8. The zero-order valence-electron chi connectivity index (χ0n) is 21.6. The van der Waals surface area contributed by atoms with Crippen molar-refractivity contribution in [2.75, 3.05) is 4.90 Å². The van der Waals surface area contributed by atoms with E-state index in [1.54, 1.807) is 18.3 Å². The molecule has 7 heteroatoms. The van der Waals surface area contributed by atoms with Crippen LogP contribution in [-0.4, -0.2) is 25.7 Å². The van der Waals surface area contributed by atoms with Gasteiger partial charge in [0.25, 0.3) is 0 Å². The largest absolute Gasteiger partial charge is 0.478 e. The number of hydrogen-bond acceptors (Lipinski definition) is 3. The Labute approximate surface area is 222 Å². The molecular formula is C30H30N4O2S. The van der Waals surface area contributed by atoms with Crippen molar-refractivity contribution in [1.82, 2.24) is 14.9 Å². The van der Waals surface area contributed by atoms with Gasteiger partial charge in [-0.3, -0.25) is 4.98 Å². The van der Waals surface area contributed by atoms with Gasteiger partial charge in [0.1, 0.15) is 0 Å². The molecule has 1 fully saturated rings. The first-order chi connectivity index (χ1) is 17.7. The van der Waals surface area contributed by atoms with Crippen molar-refractivity contribution in [2.45, 2.75) is 46.7 Å². The van der Waals surface area contributed by atoms with Crippen molar-refractivity contribution in [3.63, 3.8) is 0 Å². The smallest absolute Gasteiger partial charge is 0.335 e. The topological polar surface area (TPSA) is 70.4 Å². The number of aromatic carboxylic acids is 1. The molecule has 1 saturated heterocycles. The van der Waals surface area contributed by atoms with E-state index in [9.17, 15) is 9.90 Å². The van der Waals surface area contributed by atoms with Crippen LogP contribution in [0.3, 0.4) is 0 Å². The normalized spacial score (nSPS) is 17.2. The molecule has 0 saturated carbocycles. The first-order valence-corrected chi connectivity index (χ1v) is 12.7. The van der Waals surface area contributed by atoms with Crippen molar-refractivity contribution in [2.24, 2.45) is 0 Å². The van der Waals surface area contributed by atoms with Crippen molar-refractivity contribution < 1.29 is 9.90 Å². The summed E-state index contributed by atoms with van der Waals surface area (Å²) in [7, 11) is 0. The number of nitrogens with zero attached hydrogens (tertiary/aromatic N) is 3.